The molecule has 8 nitrogen and oxygen atoms in total. The van der Waals surface area contributed by atoms with Gasteiger partial charge in [0.2, 0.25) is 0 Å². The SMILES string of the molecule is C[C@H](OC(=O)c1ccc[nH]1)C(=O)Nc1ccc2[nH]c(=O)[nH]c2c1. The Morgan fingerprint density at radius 3 is 2.70 bits per heavy atom. The van der Waals surface area contributed by atoms with E-state index >= 15 is 0 Å². The van der Waals surface area contributed by atoms with Crippen molar-refractivity contribution in [2.45, 2.75) is 13.0 Å². The first-order valence-electron chi connectivity index (χ1n) is 6.90. The van der Waals surface area contributed by atoms with Gasteiger partial charge in [0.15, 0.2) is 6.10 Å². The summed E-state index contributed by atoms with van der Waals surface area (Å²) >= 11 is 0. The summed E-state index contributed by atoms with van der Waals surface area (Å²) < 4.78 is 5.07. The first-order valence-corrected chi connectivity index (χ1v) is 6.90. The van der Waals surface area contributed by atoms with Crippen LogP contribution >= 0.6 is 0 Å². The molecular weight excluding hydrogens is 300 g/mol. The molecule has 0 bridgehead atoms. The number of esters is 1. The lowest BCUT2D eigenvalue weighted by molar-refractivity contribution is -0.123. The van der Waals surface area contributed by atoms with Gasteiger partial charge in [-0.25, -0.2) is 9.59 Å². The Morgan fingerprint density at radius 1 is 1.17 bits per heavy atom. The summed E-state index contributed by atoms with van der Waals surface area (Å²) in [6, 6.07) is 8.14. The number of benzene rings is 1. The molecule has 0 unspecified atom stereocenters. The highest BCUT2D eigenvalue weighted by molar-refractivity contribution is 5.97. The minimum atomic E-state index is -0.966. The number of hydrogen-bond donors (Lipinski definition) is 4. The number of aromatic amines is 3. The summed E-state index contributed by atoms with van der Waals surface area (Å²) in [6.45, 7) is 1.48. The van der Waals surface area contributed by atoms with Crippen molar-refractivity contribution >= 4 is 28.6 Å². The third-order valence-corrected chi connectivity index (χ3v) is 3.25. The number of anilines is 1. The zero-order valence-electron chi connectivity index (χ0n) is 12.2. The average molecular weight is 314 g/mol. The molecule has 8 heteroatoms. The number of aromatic nitrogens is 3. The van der Waals surface area contributed by atoms with Gasteiger partial charge in [0, 0.05) is 11.9 Å². The van der Waals surface area contributed by atoms with Crippen molar-refractivity contribution in [1.82, 2.24) is 15.0 Å². The molecule has 0 aliphatic rings. The van der Waals surface area contributed by atoms with Crippen molar-refractivity contribution in [3.63, 3.8) is 0 Å². The van der Waals surface area contributed by atoms with Crippen molar-refractivity contribution in [3.05, 3.63) is 52.7 Å². The van der Waals surface area contributed by atoms with E-state index in [0.29, 0.717) is 16.7 Å². The van der Waals surface area contributed by atoms with Crippen LogP contribution in [0, 0.1) is 0 Å². The molecule has 2 aromatic heterocycles. The molecule has 118 valence electrons. The maximum atomic E-state index is 12.1. The lowest BCUT2D eigenvalue weighted by Crippen LogP contribution is -2.30. The molecule has 0 radical (unpaired) electrons. The first-order chi connectivity index (χ1) is 11.0. The van der Waals surface area contributed by atoms with Gasteiger partial charge < -0.3 is 25.0 Å². The highest BCUT2D eigenvalue weighted by Gasteiger charge is 2.19. The summed E-state index contributed by atoms with van der Waals surface area (Å²) in [6.07, 6.45) is 0.626. The van der Waals surface area contributed by atoms with Crippen LogP contribution in [0.25, 0.3) is 11.0 Å². The molecule has 0 aliphatic heterocycles. The number of imidazole rings is 1. The number of carbonyl (C=O) groups excluding carboxylic acids is 2. The molecule has 23 heavy (non-hydrogen) atoms. The van der Waals surface area contributed by atoms with Gasteiger partial charge in [0.1, 0.15) is 5.69 Å². The van der Waals surface area contributed by atoms with E-state index < -0.39 is 18.0 Å². The van der Waals surface area contributed by atoms with E-state index in [9.17, 15) is 14.4 Å². The molecule has 0 saturated heterocycles. The fourth-order valence-corrected chi connectivity index (χ4v) is 2.09. The van der Waals surface area contributed by atoms with Crippen molar-refractivity contribution in [1.29, 1.82) is 0 Å². The topological polar surface area (TPSA) is 120 Å². The number of rotatable bonds is 4. The molecule has 0 aliphatic carbocycles. The second-order valence-electron chi connectivity index (χ2n) is 4.96. The third kappa shape index (κ3) is 3.15. The van der Waals surface area contributed by atoms with E-state index in [-0.39, 0.29) is 11.4 Å². The number of ether oxygens (including phenoxy) is 1. The molecule has 2 heterocycles. The van der Waals surface area contributed by atoms with Crippen LogP contribution in [0.4, 0.5) is 5.69 Å². The molecule has 0 fully saturated rings. The predicted octanol–water partition coefficient (Wildman–Crippen LogP) is 1.37. The molecular formula is C15H14N4O4. The molecule has 1 aromatic carbocycles. The van der Waals surface area contributed by atoms with Crippen LogP contribution in [0.15, 0.2) is 41.3 Å². The van der Waals surface area contributed by atoms with Crippen LogP contribution in [0.5, 0.6) is 0 Å². The summed E-state index contributed by atoms with van der Waals surface area (Å²) in [7, 11) is 0. The molecule has 1 atom stereocenters. The third-order valence-electron chi connectivity index (χ3n) is 3.25. The second kappa shape index (κ2) is 5.84. The Morgan fingerprint density at radius 2 is 1.96 bits per heavy atom. The standard InChI is InChI=1S/C15H14N4O4/c1-8(23-14(21)11-3-2-6-16-11)13(20)17-9-4-5-10-12(7-9)19-15(22)18-10/h2-8,16H,1H3,(H,17,20)(H2,18,19,22)/t8-/m0/s1. The first kappa shape index (κ1) is 14.6. The van der Waals surface area contributed by atoms with Gasteiger partial charge in [0.05, 0.1) is 11.0 Å². The minimum absolute atomic E-state index is 0.274. The number of amides is 1. The lowest BCUT2D eigenvalue weighted by atomic mass is 10.2. The lowest BCUT2D eigenvalue weighted by Gasteiger charge is -2.13. The fraction of sp³-hybridized carbons (Fsp3) is 0.133. The van der Waals surface area contributed by atoms with E-state index in [1.54, 1.807) is 36.5 Å². The van der Waals surface area contributed by atoms with Crippen LogP contribution in [0.1, 0.15) is 17.4 Å². The van der Waals surface area contributed by atoms with Gasteiger partial charge in [-0.2, -0.15) is 0 Å². The van der Waals surface area contributed by atoms with Crippen LogP contribution in [0.3, 0.4) is 0 Å². The quantitative estimate of drug-likeness (QED) is 0.543. The maximum Gasteiger partial charge on any atom is 0.355 e. The minimum Gasteiger partial charge on any atom is -0.448 e. The molecule has 0 saturated carbocycles. The molecule has 0 spiro atoms. The van der Waals surface area contributed by atoms with E-state index in [1.165, 1.54) is 6.92 Å². The van der Waals surface area contributed by atoms with Crippen LogP contribution < -0.4 is 11.0 Å². The zero-order valence-corrected chi connectivity index (χ0v) is 12.2. The number of carbonyl (C=O) groups is 2. The van der Waals surface area contributed by atoms with Crippen molar-refractivity contribution < 1.29 is 14.3 Å². The largest absolute Gasteiger partial charge is 0.448 e. The van der Waals surface area contributed by atoms with E-state index in [2.05, 4.69) is 20.3 Å². The Balaban J connectivity index is 1.67. The van der Waals surface area contributed by atoms with Crippen LogP contribution in [-0.4, -0.2) is 32.9 Å². The highest BCUT2D eigenvalue weighted by atomic mass is 16.5. The Bertz CT molecular complexity index is 907. The van der Waals surface area contributed by atoms with Crippen molar-refractivity contribution in [3.8, 4) is 0 Å². The van der Waals surface area contributed by atoms with Crippen LogP contribution in [0.2, 0.25) is 0 Å². The zero-order chi connectivity index (χ0) is 16.4. The molecule has 4 N–H and O–H groups in total. The normalized spacial score (nSPS) is 12.0. The Kier molecular flexibility index (Phi) is 3.71. The van der Waals surface area contributed by atoms with Gasteiger partial charge in [-0.1, -0.05) is 0 Å². The van der Waals surface area contributed by atoms with E-state index in [0.717, 1.165) is 0 Å². The Hall–Kier alpha value is -3.29. The number of fused-ring (bicyclic) bond motifs is 1. The smallest absolute Gasteiger partial charge is 0.355 e. The summed E-state index contributed by atoms with van der Waals surface area (Å²) in [4.78, 5) is 43.0. The summed E-state index contributed by atoms with van der Waals surface area (Å²) in [5.74, 6) is -1.08. The monoisotopic (exact) mass is 314 g/mol. The molecule has 1 amide bonds. The average Bonchev–Trinajstić information content (AvgIpc) is 3.14. The highest BCUT2D eigenvalue weighted by Crippen LogP contribution is 2.15. The number of H-pyrrole nitrogens is 3. The second-order valence-corrected chi connectivity index (χ2v) is 4.96. The molecule has 3 aromatic rings. The Labute approximate surface area is 129 Å². The van der Waals surface area contributed by atoms with Crippen LogP contribution in [-0.2, 0) is 9.53 Å². The summed E-state index contributed by atoms with van der Waals surface area (Å²) in [5, 5.41) is 2.63. The van der Waals surface area contributed by atoms with Crippen molar-refractivity contribution in [2.75, 3.05) is 5.32 Å². The van der Waals surface area contributed by atoms with Gasteiger partial charge in [-0.15, -0.1) is 0 Å². The van der Waals surface area contributed by atoms with Gasteiger partial charge in [-0.05, 0) is 37.3 Å². The van der Waals surface area contributed by atoms with Gasteiger partial charge in [-0.3, -0.25) is 4.79 Å². The van der Waals surface area contributed by atoms with Crippen molar-refractivity contribution in [2.24, 2.45) is 0 Å². The summed E-state index contributed by atoms with van der Waals surface area (Å²) in [5.41, 5.74) is 1.65. The predicted molar refractivity (Wildman–Crippen MR) is 83.2 cm³/mol. The fourth-order valence-electron chi connectivity index (χ4n) is 2.09. The molecule has 3 rings (SSSR count). The number of nitrogens with one attached hydrogen (secondary N) is 4. The maximum absolute atomic E-state index is 12.1. The van der Waals surface area contributed by atoms with E-state index in [1.807, 2.05) is 0 Å². The van der Waals surface area contributed by atoms with Gasteiger partial charge >= 0.3 is 11.7 Å². The number of hydrogen-bond acceptors (Lipinski definition) is 4. The van der Waals surface area contributed by atoms with Gasteiger partial charge in [0.25, 0.3) is 5.91 Å². The van der Waals surface area contributed by atoms with E-state index in [4.69, 9.17) is 4.74 Å².